The van der Waals surface area contributed by atoms with Crippen molar-refractivity contribution in [3.63, 3.8) is 0 Å². The summed E-state index contributed by atoms with van der Waals surface area (Å²) in [5.74, 6) is -0.605. The highest BCUT2D eigenvalue weighted by Gasteiger charge is 2.36. The van der Waals surface area contributed by atoms with Gasteiger partial charge in [0.25, 0.3) is 0 Å². The quantitative estimate of drug-likeness (QED) is 0.710. The molecule has 1 aliphatic carbocycles. The predicted octanol–water partition coefficient (Wildman–Crippen LogP) is 4.86. The summed E-state index contributed by atoms with van der Waals surface area (Å²) in [6.45, 7) is 4.38. The third-order valence-electron chi connectivity index (χ3n) is 6.07. The van der Waals surface area contributed by atoms with Crippen molar-refractivity contribution in [2.24, 2.45) is 11.3 Å². The molecule has 0 radical (unpaired) electrons. The second kappa shape index (κ2) is 6.97. The summed E-state index contributed by atoms with van der Waals surface area (Å²) in [6.07, 6.45) is 3.93. The summed E-state index contributed by atoms with van der Waals surface area (Å²) in [5.41, 5.74) is 4.24. The molecule has 5 nitrogen and oxygen atoms in total. The standard InChI is InChI=1S/C23H26N2O3/c1-23(2)13-17-12-16(22(27)28)8-11-19(17)25-20(23)14-6-9-18(10-7-14)24-21(26)15-4-3-5-15/h6-12,15,20,25H,3-5,13H2,1-2H3,(H,24,26)(H,27,28). The maximum absolute atomic E-state index is 12.1. The van der Waals surface area contributed by atoms with Gasteiger partial charge in [-0.1, -0.05) is 32.4 Å². The fourth-order valence-corrected chi connectivity index (χ4v) is 4.17. The topological polar surface area (TPSA) is 78.4 Å². The monoisotopic (exact) mass is 378 g/mol. The average molecular weight is 378 g/mol. The molecule has 2 aromatic carbocycles. The van der Waals surface area contributed by atoms with Crippen LogP contribution in [0.3, 0.4) is 0 Å². The lowest BCUT2D eigenvalue weighted by molar-refractivity contribution is -0.122. The Morgan fingerprint density at radius 1 is 1.11 bits per heavy atom. The third-order valence-corrected chi connectivity index (χ3v) is 6.07. The molecular formula is C23H26N2O3. The first-order chi connectivity index (χ1) is 13.3. The molecule has 1 fully saturated rings. The summed E-state index contributed by atoms with van der Waals surface area (Å²) in [7, 11) is 0. The maximum Gasteiger partial charge on any atom is 0.335 e. The Labute approximate surface area is 165 Å². The Morgan fingerprint density at radius 3 is 2.43 bits per heavy atom. The molecule has 1 unspecified atom stereocenters. The van der Waals surface area contributed by atoms with E-state index in [0.29, 0.717) is 5.56 Å². The summed E-state index contributed by atoms with van der Waals surface area (Å²) in [4.78, 5) is 23.4. The number of aromatic carboxylic acids is 1. The molecular weight excluding hydrogens is 352 g/mol. The van der Waals surface area contributed by atoms with Crippen LogP contribution in [0.1, 0.15) is 60.6 Å². The Kier molecular flexibility index (Phi) is 4.61. The van der Waals surface area contributed by atoms with Crippen molar-refractivity contribution >= 4 is 23.3 Å². The van der Waals surface area contributed by atoms with Crippen molar-refractivity contribution in [2.45, 2.75) is 45.6 Å². The van der Waals surface area contributed by atoms with Crippen LogP contribution in [0.2, 0.25) is 0 Å². The molecule has 4 rings (SSSR count). The van der Waals surface area contributed by atoms with Gasteiger partial charge in [0.15, 0.2) is 0 Å². The molecule has 0 bridgehead atoms. The van der Waals surface area contributed by atoms with Crippen molar-refractivity contribution in [3.05, 3.63) is 59.2 Å². The molecule has 0 spiro atoms. The number of hydrogen-bond donors (Lipinski definition) is 3. The van der Waals surface area contributed by atoms with E-state index in [1.807, 2.05) is 18.2 Å². The average Bonchev–Trinajstić information content (AvgIpc) is 2.59. The summed E-state index contributed by atoms with van der Waals surface area (Å²) < 4.78 is 0. The molecule has 2 aliphatic rings. The lowest BCUT2D eigenvalue weighted by atomic mass is 9.72. The number of benzene rings is 2. The molecule has 2 aromatic rings. The molecule has 146 valence electrons. The van der Waals surface area contributed by atoms with Gasteiger partial charge in [0.1, 0.15) is 0 Å². The molecule has 1 heterocycles. The number of carbonyl (C=O) groups excluding carboxylic acids is 1. The lowest BCUT2D eigenvalue weighted by Crippen LogP contribution is -2.35. The second-order valence-corrected chi connectivity index (χ2v) is 8.66. The zero-order valence-corrected chi connectivity index (χ0v) is 16.3. The van der Waals surface area contributed by atoms with Crippen molar-refractivity contribution in [3.8, 4) is 0 Å². The van der Waals surface area contributed by atoms with Gasteiger partial charge < -0.3 is 15.7 Å². The smallest absolute Gasteiger partial charge is 0.335 e. The minimum atomic E-state index is -0.901. The molecule has 1 atom stereocenters. The number of carboxylic acid groups (broad SMARTS) is 1. The van der Waals surface area contributed by atoms with Gasteiger partial charge in [0, 0.05) is 17.3 Å². The number of nitrogens with one attached hydrogen (secondary N) is 2. The number of fused-ring (bicyclic) bond motifs is 1. The first-order valence-corrected chi connectivity index (χ1v) is 9.87. The van der Waals surface area contributed by atoms with Crippen LogP contribution in [0.5, 0.6) is 0 Å². The number of carbonyl (C=O) groups is 2. The first kappa shape index (κ1) is 18.5. The molecule has 1 amide bonds. The van der Waals surface area contributed by atoms with E-state index in [4.69, 9.17) is 0 Å². The SMILES string of the molecule is CC1(C)Cc2cc(C(=O)O)ccc2NC1c1ccc(NC(=O)C2CCC2)cc1. The highest BCUT2D eigenvalue weighted by atomic mass is 16.4. The molecule has 1 aliphatic heterocycles. The van der Waals surface area contributed by atoms with E-state index >= 15 is 0 Å². The number of hydrogen-bond acceptors (Lipinski definition) is 3. The van der Waals surface area contributed by atoms with Crippen molar-refractivity contribution in [1.29, 1.82) is 0 Å². The van der Waals surface area contributed by atoms with Gasteiger partial charge in [-0.2, -0.15) is 0 Å². The summed E-state index contributed by atoms with van der Waals surface area (Å²) >= 11 is 0. The van der Waals surface area contributed by atoms with Gasteiger partial charge in [0.05, 0.1) is 11.6 Å². The van der Waals surface area contributed by atoms with Gasteiger partial charge in [0.2, 0.25) is 5.91 Å². The first-order valence-electron chi connectivity index (χ1n) is 9.87. The molecule has 28 heavy (non-hydrogen) atoms. The largest absolute Gasteiger partial charge is 0.478 e. The third kappa shape index (κ3) is 3.49. The summed E-state index contributed by atoms with van der Waals surface area (Å²) in [6, 6.07) is 13.4. The van der Waals surface area contributed by atoms with Crippen molar-refractivity contribution in [2.75, 3.05) is 10.6 Å². The number of rotatable bonds is 4. The minimum Gasteiger partial charge on any atom is -0.478 e. The van der Waals surface area contributed by atoms with Crippen LogP contribution in [-0.4, -0.2) is 17.0 Å². The zero-order chi connectivity index (χ0) is 19.9. The second-order valence-electron chi connectivity index (χ2n) is 8.66. The van der Waals surface area contributed by atoms with Gasteiger partial charge in [-0.05, 0) is 66.1 Å². The molecule has 0 aromatic heterocycles. The van der Waals surface area contributed by atoms with Crippen LogP contribution in [0, 0.1) is 11.3 Å². The highest BCUT2D eigenvalue weighted by molar-refractivity contribution is 5.93. The van der Waals surface area contributed by atoms with Crippen LogP contribution in [-0.2, 0) is 11.2 Å². The van der Waals surface area contributed by atoms with Crippen molar-refractivity contribution in [1.82, 2.24) is 0 Å². The number of carboxylic acids is 1. The fourth-order valence-electron chi connectivity index (χ4n) is 4.17. The Hall–Kier alpha value is -2.82. The Morgan fingerprint density at radius 2 is 1.82 bits per heavy atom. The lowest BCUT2D eigenvalue weighted by Gasteiger charge is -2.41. The van der Waals surface area contributed by atoms with Crippen LogP contribution >= 0.6 is 0 Å². The van der Waals surface area contributed by atoms with E-state index in [1.165, 1.54) is 0 Å². The normalized spacial score (nSPS) is 20.4. The fraction of sp³-hybridized carbons (Fsp3) is 0.391. The summed E-state index contributed by atoms with van der Waals surface area (Å²) in [5, 5.41) is 15.8. The predicted molar refractivity (Wildman–Crippen MR) is 110 cm³/mol. The van der Waals surface area contributed by atoms with E-state index in [0.717, 1.165) is 48.2 Å². The van der Waals surface area contributed by atoms with Gasteiger partial charge in [-0.3, -0.25) is 4.79 Å². The van der Waals surface area contributed by atoms with E-state index in [2.05, 4.69) is 36.6 Å². The highest BCUT2D eigenvalue weighted by Crippen LogP contribution is 2.45. The number of anilines is 2. The van der Waals surface area contributed by atoms with Crippen LogP contribution in [0.15, 0.2) is 42.5 Å². The maximum atomic E-state index is 12.1. The molecule has 0 saturated heterocycles. The van der Waals surface area contributed by atoms with Crippen LogP contribution in [0.4, 0.5) is 11.4 Å². The van der Waals surface area contributed by atoms with Gasteiger partial charge in [-0.25, -0.2) is 4.79 Å². The van der Waals surface area contributed by atoms with Gasteiger partial charge in [-0.15, -0.1) is 0 Å². The van der Waals surface area contributed by atoms with Crippen LogP contribution in [0.25, 0.3) is 0 Å². The Balaban J connectivity index is 1.53. The van der Waals surface area contributed by atoms with E-state index < -0.39 is 5.97 Å². The van der Waals surface area contributed by atoms with E-state index in [9.17, 15) is 14.7 Å². The molecule has 5 heteroatoms. The van der Waals surface area contributed by atoms with Gasteiger partial charge >= 0.3 is 5.97 Å². The van der Waals surface area contributed by atoms with Crippen LogP contribution < -0.4 is 10.6 Å². The molecule has 1 saturated carbocycles. The molecule has 3 N–H and O–H groups in total. The zero-order valence-electron chi connectivity index (χ0n) is 16.3. The van der Waals surface area contributed by atoms with E-state index in [-0.39, 0.29) is 23.3 Å². The van der Waals surface area contributed by atoms with Crippen molar-refractivity contribution < 1.29 is 14.7 Å². The van der Waals surface area contributed by atoms with E-state index in [1.54, 1.807) is 12.1 Å². The number of amides is 1. The minimum absolute atomic E-state index is 0.0825. The Bertz CT molecular complexity index is 914.